The van der Waals surface area contributed by atoms with Crippen LogP contribution in [0.5, 0.6) is 0 Å². The predicted octanol–water partition coefficient (Wildman–Crippen LogP) is 0.778. The van der Waals surface area contributed by atoms with Crippen molar-refractivity contribution in [3.63, 3.8) is 0 Å². The molecule has 0 saturated heterocycles. The van der Waals surface area contributed by atoms with Crippen LogP contribution in [0.4, 0.5) is 0 Å². The Labute approximate surface area is 100 Å². The molecule has 2 aromatic rings. The molecule has 0 aliphatic heterocycles. The van der Waals surface area contributed by atoms with Gasteiger partial charge in [0.2, 0.25) is 0 Å². The zero-order valence-corrected chi connectivity index (χ0v) is 10.5. The average Bonchev–Trinajstić information content (AvgIpc) is 2.88. The first-order valence-corrected chi connectivity index (χ1v) is 5.77. The number of nitrogens with zero attached hydrogens (tertiary/aromatic N) is 5. The normalized spacial score (nSPS) is 12.9. The van der Waals surface area contributed by atoms with Gasteiger partial charge in [0.1, 0.15) is 0 Å². The highest BCUT2D eigenvalue weighted by Gasteiger charge is 2.18. The van der Waals surface area contributed by atoms with Gasteiger partial charge in [0.25, 0.3) is 0 Å². The molecule has 2 aromatic heterocycles. The summed E-state index contributed by atoms with van der Waals surface area (Å²) in [5.74, 6) is 0. The molecule has 0 aliphatic rings. The third-order valence-electron chi connectivity index (χ3n) is 3.01. The van der Waals surface area contributed by atoms with Crippen molar-refractivity contribution in [3.05, 3.63) is 29.3 Å². The highest BCUT2D eigenvalue weighted by molar-refractivity contribution is 5.27. The highest BCUT2D eigenvalue weighted by Crippen LogP contribution is 2.21. The average molecular weight is 234 g/mol. The summed E-state index contributed by atoms with van der Waals surface area (Å²) in [5, 5.41) is 12.2. The van der Waals surface area contributed by atoms with Gasteiger partial charge in [-0.15, -0.1) is 5.10 Å². The minimum absolute atomic E-state index is 0.217. The van der Waals surface area contributed by atoms with Crippen molar-refractivity contribution < 1.29 is 0 Å². The van der Waals surface area contributed by atoms with Crippen LogP contribution in [0.1, 0.15) is 36.3 Å². The van der Waals surface area contributed by atoms with Crippen LogP contribution in [0.25, 0.3) is 0 Å². The predicted molar refractivity (Wildman–Crippen MR) is 64.3 cm³/mol. The molecular formula is C11H18N6. The second-order valence-corrected chi connectivity index (χ2v) is 4.17. The Balaban J connectivity index is 2.33. The first kappa shape index (κ1) is 11.8. The summed E-state index contributed by atoms with van der Waals surface area (Å²) in [4.78, 5) is 0. The molecule has 92 valence electrons. The first-order valence-electron chi connectivity index (χ1n) is 5.77. The summed E-state index contributed by atoms with van der Waals surface area (Å²) in [5.41, 5.74) is 9.28. The maximum absolute atomic E-state index is 6.25. The summed E-state index contributed by atoms with van der Waals surface area (Å²) in [7, 11) is 1.91. The van der Waals surface area contributed by atoms with Gasteiger partial charge in [-0.3, -0.25) is 4.68 Å². The third kappa shape index (κ3) is 2.08. The fourth-order valence-corrected chi connectivity index (χ4v) is 1.87. The van der Waals surface area contributed by atoms with E-state index in [-0.39, 0.29) is 6.04 Å². The Morgan fingerprint density at radius 3 is 2.76 bits per heavy atom. The lowest BCUT2D eigenvalue weighted by Gasteiger charge is -2.12. The molecule has 6 nitrogen and oxygen atoms in total. The Hall–Kier alpha value is -1.69. The summed E-state index contributed by atoms with van der Waals surface area (Å²) < 4.78 is 3.68. The molecule has 0 spiro atoms. The van der Waals surface area contributed by atoms with Crippen LogP contribution < -0.4 is 5.73 Å². The van der Waals surface area contributed by atoms with Crippen molar-refractivity contribution in [1.82, 2.24) is 24.8 Å². The fraction of sp³-hybridized carbons (Fsp3) is 0.545. The Bertz CT molecular complexity index is 498. The van der Waals surface area contributed by atoms with Crippen molar-refractivity contribution in [2.75, 3.05) is 0 Å². The second-order valence-electron chi connectivity index (χ2n) is 4.17. The van der Waals surface area contributed by atoms with Crippen LogP contribution in [0.15, 0.2) is 12.4 Å². The number of aromatic nitrogens is 5. The number of aryl methyl sites for hydroxylation is 2. The minimum atomic E-state index is -0.217. The molecule has 1 unspecified atom stereocenters. The highest BCUT2D eigenvalue weighted by atomic mass is 15.4. The maximum atomic E-state index is 6.25. The van der Waals surface area contributed by atoms with E-state index in [1.54, 1.807) is 6.20 Å². The zero-order valence-electron chi connectivity index (χ0n) is 10.5. The first-order chi connectivity index (χ1) is 8.15. The monoisotopic (exact) mass is 234 g/mol. The smallest absolute Gasteiger partial charge is 0.0801 e. The van der Waals surface area contributed by atoms with E-state index in [1.165, 1.54) is 0 Å². The van der Waals surface area contributed by atoms with E-state index in [0.717, 1.165) is 29.9 Å². The van der Waals surface area contributed by atoms with Gasteiger partial charge in [0, 0.05) is 24.8 Å². The lowest BCUT2D eigenvalue weighted by molar-refractivity contribution is 0.543. The van der Waals surface area contributed by atoms with E-state index in [1.807, 2.05) is 29.5 Å². The lowest BCUT2D eigenvalue weighted by Crippen LogP contribution is -2.18. The molecule has 17 heavy (non-hydrogen) atoms. The van der Waals surface area contributed by atoms with Crippen LogP contribution in [-0.2, 0) is 13.6 Å². The molecule has 0 bridgehead atoms. The van der Waals surface area contributed by atoms with Gasteiger partial charge in [0.15, 0.2) is 0 Å². The molecule has 2 heterocycles. The Kier molecular flexibility index (Phi) is 3.23. The van der Waals surface area contributed by atoms with Crippen LogP contribution >= 0.6 is 0 Å². The molecule has 0 amide bonds. The topological polar surface area (TPSA) is 74.6 Å². The number of nitrogens with two attached hydrogens (primary N) is 1. The van der Waals surface area contributed by atoms with Gasteiger partial charge in [-0.05, 0) is 13.3 Å². The number of hydrogen-bond acceptors (Lipinski definition) is 4. The molecule has 2 N–H and O–H groups in total. The van der Waals surface area contributed by atoms with Gasteiger partial charge in [-0.1, -0.05) is 12.1 Å². The molecule has 0 saturated carbocycles. The van der Waals surface area contributed by atoms with Crippen LogP contribution in [0, 0.1) is 6.92 Å². The summed E-state index contributed by atoms with van der Waals surface area (Å²) in [6.07, 6.45) is 4.55. The molecule has 1 atom stereocenters. The second kappa shape index (κ2) is 4.67. The fourth-order valence-electron chi connectivity index (χ4n) is 1.87. The van der Waals surface area contributed by atoms with E-state index in [2.05, 4.69) is 22.3 Å². The number of rotatable bonds is 4. The maximum Gasteiger partial charge on any atom is 0.0801 e. The SMILES string of the molecule is CCCn1nncc1C(N)c1cnn(C)c1C. The van der Waals surface area contributed by atoms with Crippen molar-refractivity contribution >= 4 is 0 Å². The zero-order chi connectivity index (χ0) is 12.4. The van der Waals surface area contributed by atoms with Gasteiger partial charge < -0.3 is 5.73 Å². The van der Waals surface area contributed by atoms with Crippen LogP contribution in [0.3, 0.4) is 0 Å². The van der Waals surface area contributed by atoms with Crippen molar-refractivity contribution in [3.8, 4) is 0 Å². The molecule has 0 fully saturated rings. The van der Waals surface area contributed by atoms with E-state index < -0.39 is 0 Å². The van der Waals surface area contributed by atoms with E-state index in [9.17, 15) is 0 Å². The van der Waals surface area contributed by atoms with Crippen molar-refractivity contribution in [2.45, 2.75) is 32.9 Å². The largest absolute Gasteiger partial charge is 0.319 e. The summed E-state index contributed by atoms with van der Waals surface area (Å²) in [6.45, 7) is 4.95. The standard InChI is InChI=1S/C11H18N6/c1-4-5-17-10(7-13-15-17)11(12)9-6-14-16(3)8(9)2/h6-7,11H,4-5,12H2,1-3H3. The quantitative estimate of drug-likeness (QED) is 0.848. The van der Waals surface area contributed by atoms with Crippen molar-refractivity contribution in [1.29, 1.82) is 0 Å². The Morgan fingerprint density at radius 1 is 1.41 bits per heavy atom. The van der Waals surface area contributed by atoms with E-state index in [4.69, 9.17) is 5.73 Å². The summed E-state index contributed by atoms with van der Waals surface area (Å²) in [6, 6.07) is -0.217. The van der Waals surface area contributed by atoms with Crippen LogP contribution in [0.2, 0.25) is 0 Å². The molecular weight excluding hydrogens is 216 g/mol. The molecule has 0 aliphatic carbocycles. The van der Waals surface area contributed by atoms with Gasteiger partial charge in [-0.2, -0.15) is 5.10 Å². The molecule has 0 radical (unpaired) electrons. The van der Waals surface area contributed by atoms with Crippen molar-refractivity contribution in [2.24, 2.45) is 12.8 Å². The third-order valence-corrected chi connectivity index (χ3v) is 3.01. The lowest BCUT2D eigenvalue weighted by atomic mass is 10.1. The van der Waals surface area contributed by atoms with Gasteiger partial charge in [0.05, 0.1) is 24.1 Å². The van der Waals surface area contributed by atoms with Gasteiger partial charge >= 0.3 is 0 Å². The van der Waals surface area contributed by atoms with Crippen LogP contribution in [-0.4, -0.2) is 24.8 Å². The Morgan fingerprint density at radius 2 is 2.18 bits per heavy atom. The minimum Gasteiger partial charge on any atom is -0.319 e. The molecule has 2 rings (SSSR count). The molecule has 6 heteroatoms. The summed E-state index contributed by atoms with van der Waals surface area (Å²) >= 11 is 0. The van der Waals surface area contributed by atoms with Gasteiger partial charge in [-0.25, -0.2) is 4.68 Å². The number of hydrogen-bond donors (Lipinski definition) is 1. The van der Waals surface area contributed by atoms with E-state index >= 15 is 0 Å². The van der Waals surface area contributed by atoms with E-state index in [0.29, 0.717) is 0 Å². The molecule has 0 aromatic carbocycles.